The lowest BCUT2D eigenvalue weighted by molar-refractivity contribution is 0.366. The van der Waals surface area contributed by atoms with E-state index in [1.165, 1.54) is 5.56 Å². The number of hydrogen-bond acceptors (Lipinski definition) is 0. The first-order valence-electron chi connectivity index (χ1n) is 5.23. The average Bonchev–Trinajstić information content (AvgIpc) is 2.23. The fourth-order valence-electron chi connectivity index (χ4n) is 0.589. The fourth-order valence-corrected chi connectivity index (χ4v) is 0.589. The highest BCUT2D eigenvalue weighted by atomic mass is 19.5. The van der Waals surface area contributed by atoms with Crippen molar-refractivity contribution in [3.63, 3.8) is 0 Å². The Morgan fingerprint density at radius 3 is 0.913 bits per heavy atom. The van der Waals surface area contributed by atoms with E-state index in [1.807, 2.05) is 36.4 Å². The lowest BCUT2D eigenvalue weighted by Gasteiger charge is -1.94. The predicted molar refractivity (Wildman–Crippen MR) is 67.1 cm³/mol. The summed E-state index contributed by atoms with van der Waals surface area (Å²) in [5.74, 6) is 0. The summed E-state index contributed by atoms with van der Waals surface area (Å²) >= 11 is 0. The normalized spacial score (nSPS) is 10.8. The van der Waals surface area contributed by atoms with Gasteiger partial charge in [0.05, 0.1) is 0 Å². The Hall–Kier alpha value is -1.69. The molecular formula is C8H8B3F12-3. The van der Waals surface area contributed by atoms with Gasteiger partial charge in [0.2, 0.25) is 0 Å². The summed E-state index contributed by atoms with van der Waals surface area (Å²) in [6.07, 6.45) is 1.83. The molecule has 136 valence electrons. The Kier molecular flexibility index (Phi) is 13.5. The molecule has 0 saturated carbocycles. The van der Waals surface area contributed by atoms with Crippen LogP contribution in [-0.2, 0) is 0 Å². The molecule has 0 unspecified atom stereocenters. The van der Waals surface area contributed by atoms with Crippen molar-refractivity contribution in [3.8, 4) is 0 Å². The first-order chi connectivity index (χ1) is 9.93. The van der Waals surface area contributed by atoms with Gasteiger partial charge in [0, 0.05) is 0 Å². The van der Waals surface area contributed by atoms with Crippen LogP contribution in [-0.4, -0.2) is 21.8 Å². The molecule has 0 atom stereocenters. The van der Waals surface area contributed by atoms with E-state index in [1.54, 1.807) is 0 Å². The average molecular weight is 365 g/mol. The van der Waals surface area contributed by atoms with E-state index in [4.69, 9.17) is 0 Å². The van der Waals surface area contributed by atoms with Crippen molar-refractivity contribution >= 4 is 27.8 Å². The molecule has 0 aliphatic rings. The Labute approximate surface area is 123 Å². The smallest absolute Gasteiger partial charge is 0.418 e. The van der Waals surface area contributed by atoms with Gasteiger partial charge in [-0.05, 0) is 5.56 Å². The summed E-state index contributed by atoms with van der Waals surface area (Å²) < 4.78 is 117. The van der Waals surface area contributed by atoms with Crippen LogP contribution in [0.5, 0.6) is 0 Å². The highest BCUT2D eigenvalue weighted by molar-refractivity contribution is 6.50. The number of rotatable bonds is 1. The van der Waals surface area contributed by atoms with Crippen molar-refractivity contribution in [2.24, 2.45) is 0 Å². The minimum atomic E-state index is -6.00. The maximum absolute atomic E-state index is 9.75. The maximum Gasteiger partial charge on any atom is 0.673 e. The summed E-state index contributed by atoms with van der Waals surface area (Å²) in [7, 11) is -18.0. The van der Waals surface area contributed by atoms with Crippen molar-refractivity contribution < 1.29 is 51.8 Å². The molecule has 0 aliphatic carbocycles. The second kappa shape index (κ2) is 11.8. The number of hydrogen-bond donors (Lipinski definition) is 0. The molecule has 1 aromatic rings. The zero-order valence-electron chi connectivity index (χ0n) is 10.9. The molecule has 0 spiro atoms. The van der Waals surface area contributed by atoms with Gasteiger partial charge in [-0.25, -0.2) is 0 Å². The van der Waals surface area contributed by atoms with Crippen molar-refractivity contribution in [3.05, 3.63) is 42.5 Å². The van der Waals surface area contributed by atoms with Crippen LogP contribution in [0.15, 0.2) is 36.9 Å². The summed E-state index contributed by atoms with van der Waals surface area (Å²) in [5, 5.41) is 0. The fraction of sp³-hybridized carbons (Fsp3) is 0. The van der Waals surface area contributed by atoms with Crippen molar-refractivity contribution in [1.82, 2.24) is 0 Å². The van der Waals surface area contributed by atoms with Crippen LogP contribution in [0.3, 0.4) is 0 Å². The first-order valence-corrected chi connectivity index (χ1v) is 5.23. The van der Waals surface area contributed by atoms with Gasteiger partial charge in [-0.2, -0.15) is 0 Å². The van der Waals surface area contributed by atoms with Crippen LogP contribution in [0, 0.1) is 0 Å². The third-order valence-electron chi connectivity index (χ3n) is 1.04. The molecule has 0 heterocycles. The molecule has 0 saturated heterocycles. The van der Waals surface area contributed by atoms with Gasteiger partial charge in [-0.3, -0.25) is 0 Å². The number of benzene rings is 1. The SMILES string of the molecule is C=Cc1ccccc1.F[B-](F)(F)F.F[B-](F)(F)F.F[B-](F)(F)F. The van der Waals surface area contributed by atoms with Crippen molar-refractivity contribution in [1.29, 1.82) is 0 Å². The second-order valence-electron chi connectivity index (χ2n) is 3.10. The van der Waals surface area contributed by atoms with Crippen LogP contribution in [0.1, 0.15) is 5.56 Å². The zero-order chi connectivity index (χ0) is 19.3. The molecule has 0 N–H and O–H groups in total. The second-order valence-corrected chi connectivity index (χ2v) is 3.10. The molecule has 0 radical (unpaired) electrons. The van der Waals surface area contributed by atoms with Gasteiger partial charge >= 0.3 is 21.8 Å². The van der Waals surface area contributed by atoms with Gasteiger partial charge in [0.15, 0.2) is 0 Å². The third kappa shape index (κ3) is 98.6. The van der Waals surface area contributed by atoms with E-state index in [0.29, 0.717) is 0 Å². The Bertz CT molecular complexity index is 349. The summed E-state index contributed by atoms with van der Waals surface area (Å²) in [5.41, 5.74) is 1.17. The monoisotopic (exact) mass is 365 g/mol. The van der Waals surface area contributed by atoms with Gasteiger partial charge in [0.1, 0.15) is 0 Å². The lowest BCUT2D eigenvalue weighted by atomic mass is 10.2. The summed E-state index contributed by atoms with van der Waals surface area (Å²) in [6, 6.07) is 10.0. The molecule has 0 amide bonds. The van der Waals surface area contributed by atoms with Gasteiger partial charge in [-0.1, -0.05) is 43.0 Å². The summed E-state index contributed by atoms with van der Waals surface area (Å²) in [6.45, 7) is 3.63. The number of halogens is 12. The summed E-state index contributed by atoms with van der Waals surface area (Å²) in [4.78, 5) is 0. The van der Waals surface area contributed by atoms with E-state index in [2.05, 4.69) is 6.58 Å². The van der Waals surface area contributed by atoms with Gasteiger partial charge < -0.3 is 51.8 Å². The van der Waals surface area contributed by atoms with Crippen LogP contribution in [0.25, 0.3) is 6.08 Å². The van der Waals surface area contributed by atoms with E-state index in [-0.39, 0.29) is 0 Å². The highest BCUT2D eigenvalue weighted by Crippen LogP contribution is 2.07. The van der Waals surface area contributed by atoms with Gasteiger partial charge in [-0.15, -0.1) is 0 Å². The Morgan fingerprint density at radius 1 is 0.565 bits per heavy atom. The van der Waals surface area contributed by atoms with Gasteiger partial charge in [0.25, 0.3) is 0 Å². The van der Waals surface area contributed by atoms with Crippen LogP contribution in [0.4, 0.5) is 51.8 Å². The molecule has 0 aliphatic heterocycles. The molecule has 0 aromatic heterocycles. The molecule has 1 aromatic carbocycles. The van der Waals surface area contributed by atoms with Crippen molar-refractivity contribution in [2.45, 2.75) is 0 Å². The lowest BCUT2D eigenvalue weighted by Crippen LogP contribution is -2.02. The van der Waals surface area contributed by atoms with Crippen LogP contribution < -0.4 is 0 Å². The zero-order valence-corrected chi connectivity index (χ0v) is 10.9. The molecule has 0 nitrogen and oxygen atoms in total. The minimum Gasteiger partial charge on any atom is -0.418 e. The van der Waals surface area contributed by atoms with Crippen molar-refractivity contribution in [2.75, 3.05) is 0 Å². The molecule has 1 rings (SSSR count). The minimum absolute atomic E-state index is 1.17. The molecule has 0 fully saturated rings. The van der Waals surface area contributed by atoms with E-state index < -0.39 is 21.8 Å². The van der Waals surface area contributed by atoms with E-state index >= 15 is 0 Å². The molecule has 0 bridgehead atoms. The van der Waals surface area contributed by atoms with E-state index in [0.717, 1.165) is 0 Å². The quantitative estimate of drug-likeness (QED) is 0.409. The van der Waals surface area contributed by atoms with Crippen LogP contribution >= 0.6 is 0 Å². The highest BCUT2D eigenvalue weighted by Gasteiger charge is 2.21. The Morgan fingerprint density at radius 2 is 0.783 bits per heavy atom. The molecule has 23 heavy (non-hydrogen) atoms. The van der Waals surface area contributed by atoms with Crippen LogP contribution in [0.2, 0.25) is 0 Å². The topological polar surface area (TPSA) is 0 Å². The maximum atomic E-state index is 9.75. The predicted octanol–water partition coefficient (Wildman–Crippen LogP) is 6.23. The third-order valence-corrected chi connectivity index (χ3v) is 1.04. The largest absolute Gasteiger partial charge is 0.673 e. The molecule has 15 heteroatoms. The Balaban J connectivity index is -0.000000240. The molecular weight excluding hydrogens is 356 g/mol. The standard InChI is InChI=1S/C8H8.3BF4/c1-2-8-6-4-3-5-7-8;3*2-1(3,4)5/h2-7H,1H2;;;/q;3*-1. The van der Waals surface area contributed by atoms with E-state index in [9.17, 15) is 51.8 Å². The first kappa shape index (κ1) is 26.2.